The van der Waals surface area contributed by atoms with Crippen molar-refractivity contribution < 1.29 is 0 Å². The van der Waals surface area contributed by atoms with Crippen LogP contribution in [0, 0.1) is 0 Å². The lowest BCUT2D eigenvalue weighted by atomic mass is 9.64. The standard InChI is InChI=1S/C49H37N/c1-5-17-36(18-6-1)38-31-33-42(34-32-38)50(43-26-15-21-39(35-43)37-19-7-2-8-20-37)47-30-16-28-45-44-27-13-14-29-46(44)49(48(45)47,40-22-9-3-10-23-40)41-24-11-4-12-25-41/h1-29,31-35,47H,30H2. The normalized spacial score (nSPS) is 15.7. The highest BCUT2D eigenvalue weighted by Crippen LogP contribution is 2.58. The van der Waals surface area contributed by atoms with E-state index in [0.29, 0.717) is 0 Å². The predicted octanol–water partition coefficient (Wildman–Crippen LogP) is 12.3. The summed E-state index contributed by atoms with van der Waals surface area (Å²) in [6.07, 6.45) is 5.65. The Hall–Kier alpha value is -6.18. The fourth-order valence-electron chi connectivity index (χ4n) is 8.40. The summed E-state index contributed by atoms with van der Waals surface area (Å²) >= 11 is 0. The molecule has 0 heterocycles. The van der Waals surface area contributed by atoms with E-state index in [-0.39, 0.29) is 6.04 Å². The van der Waals surface area contributed by atoms with Crippen molar-refractivity contribution in [2.45, 2.75) is 17.9 Å². The van der Waals surface area contributed by atoms with Gasteiger partial charge in [0.2, 0.25) is 0 Å². The maximum Gasteiger partial charge on any atom is 0.0696 e. The molecule has 0 fully saturated rings. The number of rotatable bonds is 7. The molecule has 1 atom stereocenters. The van der Waals surface area contributed by atoms with Gasteiger partial charge >= 0.3 is 0 Å². The van der Waals surface area contributed by atoms with Gasteiger partial charge in [-0.05, 0) is 86.3 Å². The Morgan fingerprint density at radius 3 is 1.60 bits per heavy atom. The highest BCUT2D eigenvalue weighted by Gasteiger charge is 2.51. The zero-order valence-electron chi connectivity index (χ0n) is 27.9. The van der Waals surface area contributed by atoms with Crippen molar-refractivity contribution in [3.63, 3.8) is 0 Å². The Morgan fingerprint density at radius 1 is 0.440 bits per heavy atom. The van der Waals surface area contributed by atoms with Gasteiger partial charge in [-0.15, -0.1) is 0 Å². The van der Waals surface area contributed by atoms with Crippen molar-refractivity contribution in [2.24, 2.45) is 0 Å². The lowest BCUT2D eigenvalue weighted by Crippen LogP contribution is -2.42. The first-order valence-electron chi connectivity index (χ1n) is 17.5. The highest BCUT2D eigenvalue weighted by molar-refractivity contribution is 5.93. The quantitative estimate of drug-likeness (QED) is 0.168. The number of nitrogens with zero attached hydrogens (tertiary/aromatic N) is 1. The molecule has 238 valence electrons. The SMILES string of the molecule is C1=CC2=C(C(N(c3ccc(-c4ccccc4)cc3)c3cccc(-c4ccccc4)c3)C1)C(c1ccccc1)(c1ccccc1)c1ccccc12. The Labute approximate surface area is 295 Å². The molecule has 2 aliphatic carbocycles. The first-order chi connectivity index (χ1) is 24.8. The second-order valence-corrected chi connectivity index (χ2v) is 13.2. The molecule has 1 heteroatoms. The molecule has 0 saturated heterocycles. The summed E-state index contributed by atoms with van der Waals surface area (Å²) in [7, 11) is 0. The second kappa shape index (κ2) is 12.7. The molecule has 0 bridgehead atoms. The topological polar surface area (TPSA) is 3.24 Å². The maximum atomic E-state index is 2.60. The molecule has 7 aromatic rings. The predicted molar refractivity (Wildman–Crippen MR) is 210 cm³/mol. The fourth-order valence-corrected chi connectivity index (χ4v) is 8.40. The van der Waals surface area contributed by atoms with Gasteiger partial charge in [0.1, 0.15) is 0 Å². The minimum atomic E-state index is -0.469. The van der Waals surface area contributed by atoms with Gasteiger partial charge < -0.3 is 4.90 Å². The first kappa shape index (κ1) is 29.9. The third-order valence-electron chi connectivity index (χ3n) is 10.5. The number of hydrogen-bond donors (Lipinski definition) is 0. The summed E-state index contributed by atoms with van der Waals surface area (Å²) < 4.78 is 0. The summed E-state index contributed by atoms with van der Waals surface area (Å²) in [5.41, 5.74) is 14.7. The average Bonchev–Trinajstić information content (AvgIpc) is 3.52. The largest absolute Gasteiger partial charge is 0.334 e. The molecule has 0 N–H and O–H groups in total. The van der Waals surface area contributed by atoms with Crippen LogP contribution in [-0.2, 0) is 5.41 Å². The van der Waals surface area contributed by atoms with E-state index in [1.54, 1.807) is 0 Å². The van der Waals surface area contributed by atoms with Crippen LogP contribution in [0.2, 0.25) is 0 Å². The molecule has 2 aliphatic rings. The Balaban J connectivity index is 1.30. The van der Waals surface area contributed by atoms with Crippen LogP contribution in [0.5, 0.6) is 0 Å². The van der Waals surface area contributed by atoms with Crippen molar-refractivity contribution in [1.29, 1.82) is 0 Å². The number of allylic oxidation sites excluding steroid dienone is 2. The summed E-state index contributed by atoms with van der Waals surface area (Å²) in [5.74, 6) is 0. The molecule has 9 rings (SSSR count). The number of hydrogen-bond acceptors (Lipinski definition) is 1. The van der Waals surface area contributed by atoms with Crippen molar-refractivity contribution in [3.05, 3.63) is 234 Å². The molecule has 0 aromatic heterocycles. The molecule has 1 nitrogen and oxygen atoms in total. The van der Waals surface area contributed by atoms with Crippen LogP contribution < -0.4 is 4.90 Å². The van der Waals surface area contributed by atoms with E-state index in [2.05, 4.69) is 211 Å². The van der Waals surface area contributed by atoms with Gasteiger partial charge in [0.15, 0.2) is 0 Å². The van der Waals surface area contributed by atoms with E-state index >= 15 is 0 Å². The third kappa shape index (κ3) is 4.94. The average molecular weight is 640 g/mol. The molecular formula is C49H37N. The van der Waals surface area contributed by atoms with E-state index < -0.39 is 5.41 Å². The number of fused-ring (bicyclic) bond motifs is 2. The van der Waals surface area contributed by atoms with Gasteiger partial charge in [0.25, 0.3) is 0 Å². The molecule has 1 unspecified atom stereocenters. The summed E-state index contributed by atoms with van der Waals surface area (Å²) in [4.78, 5) is 2.60. The van der Waals surface area contributed by atoms with Gasteiger partial charge in [0.05, 0.1) is 11.5 Å². The molecule has 0 spiro atoms. The van der Waals surface area contributed by atoms with Crippen molar-refractivity contribution in [3.8, 4) is 22.3 Å². The smallest absolute Gasteiger partial charge is 0.0696 e. The van der Waals surface area contributed by atoms with Gasteiger partial charge in [0, 0.05) is 11.4 Å². The van der Waals surface area contributed by atoms with Gasteiger partial charge in [-0.25, -0.2) is 0 Å². The molecule has 0 amide bonds. The van der Waals surface area contributed by atoms with E-state index in [9.17, 15) is 0 Å². The number of benzene rings is 7. The van der Waals surface area contributed by atoms with E-state index in [1.807, 2.05) is 0 Å². The molecule has 50 heavy (non-hydrogen) atoms. The van der Waals surface area contributed by atoms with Crippen molar-refractivity contribution in [2.75, 3.05) is 4.90 Å². The molecule has 0 saturated carbocycles. The zero-order chi connectivity index (χ0) is 33.3. The van der Waals surface area contributed by atoms with Crippen molar-refractivity contribution in [1.82, 2.24) is 0 Å². The maximum absolute atomic E-state index is 2.60. The lowest BCUT2D eigenvalue weighted by molar-refractivity contribution is 0.625. The Bertz CT molecular complexity index is 2280. The van der Waals surface area contributed by atoms with E-state index in [0.717, 1.165) is 6.42 Å². The van der Waals surface area contributed by atoms with Crippen molar-refractivity contribution >= 4 is 16.9 Å². The van der Waals surface area contributed by atoms with Crippen LogP contribution in [0.25, 0.3) is 27.8 Å². The van der Waals surface area contributed by atoms with E-state index in [4.69, 9.17) is 0 Å². The monoisotopic (exact) mass is 639 g/mol. The van der Waals surface area contributed by atoms with Crippen LogP contribution >= 0.6 is 0 Å². The van der Waals surface area contributed by atoms with Crippen LogP contribution in [0.3, 0.4) is 0 Å². The lowest BCUT2D eigenvalue weighted by Gasteiger charge is -2.44. The number of anilines is 2. The first-order valence-corrected chi connectivity index (χ1v) is 17.5. The van der Waals surface area contributed by atoms with Crippen LogP contribution in [0.1, 0.15) is 28.7 Å². The second-order valence-electron chi connectivity index (χ2n) is 13.2. The molecule has 0 radical (unpaired) electrons. The van der Waals surface area contributed by atoms with Crippen LogP contribution in [-0.4, -0.2) is 6.04 Å². The summed E-state index contributed by atoms with van der Waals surface area (Å²) in [6, 6.07) is 71.1. The van der Waals surface area contributed by atoms with Crippen LogP contribution in [0.4, 0.5) is 11.4 Å². The third-order valence-corrected chi connectivity index (χ3v) is 10.5. The fraction of sp³-hybridized carbons (Fsp3) is 0.0612. The minimum Gasteiger partial charge on any atom is -0.334 e. The minimum absolute atomic E-state index is 0.0383. The van der Waals surface area contributed by atoms with Crippen LogP contribution in [0.15, 0.2) is 212 Å². The molecular weight excluding hydrogens is 603 g/mol. The van der Waals surface area contributed by atoms with Gasteiger partial charge in [-0.3, -0.25) is 0 Å². The van der Waals surface area contributed by atoms with Gasteiger partial charge in [-0.1, -0.05) is 182 Å². The molecule has 0 aliphatic heterocycles. The Kier molecular flexibility index (Phi) is 7.59. The van der Waals surface area contributed by atoms with E-state index in [1.165, 1.54) is 67.0 Å². The summed E-state index contributed by atoms with van der Waals surface area (Å²) in [6.45, 7) is 0. The van der Waals surface area contributed by atoms with Gasteiger partial charge in [-0.2, -0.15) is 0 Å². The Morgan fingerprint density at radius 2 is 0.960 bits per heavy atom. The zero-order valence-corrected chi connectivity index (χ0v) is 27.9. The molecule has 7 aromatic carbocycles. The highest BCUT2D eigenvalue weighted by atomic mass is 15.2. The summed E-state index contributed by atoms with van der Waals surface area (Å²) in [5, 5.41) is 0.